The van der Waals surface area contributed by atoms with Crippen molar-refractivity contribution < 1.29 is 14.7 Å². The van der Waals surface area contributed by atoms with Crippen LogP contribution in [0.5, 0.6) is 5.75 Å². The first-order valence-electron chi connectivity index (χ1n) is 14.5. The lowest BCUT2D eigenvalue weighted by molar-refractivity contribution is 0.0794. The van der Waals surface area contributed by atoms with Crippen LogP contribution in [-0.2, 0) is 6.54 Å². The van der Waals surface area contributed by atoms with E-state index in [1.54, 1.807) is 6.20 Å². The zero-order valence-electron chi connectivity index (χ0n) is 24.2. The zero-order valence-corrected chi connectivity index (χ0v) is 24.2. The molecule has 0 saturated carbocycles. The average molecular weight is 596 g/mol. The second kappa shape index (κ2) is 11.7. The molecule has 0 atom stereocenters. The topological polar surface area (TPSA) is 139 Å². The van der Waals surface area contributed by atoms with Gasteiger partial charge in [0.1, 0.15) is 17.1 Å². The van der Waals surface area contributed by atoms with E-state index in [9.17, 15) is 14.7 Å². The fourth-order valence-electron chi connectivity index (χ4n) is 5.61. The van der Waals surface area contributed by atoms with Crippen LogP contribution in [0.4, 0.5) is 5.82 Å². The summed E-state index contributed by atoms with van der Waals surface area (Å²) in [6, 6.07) is 30.3. The monoisotopic (exact) mass is 595 g/mol. The van der Waals surface area contributed by atoms with Crippen molar-refractivity contribution in [1.82, 2.24) is 29.7 Å². The van der Waals surface area contributed by atoms with Crippen molar-refractivity contribution in [1.29, 1.82) is 0 Å². The third-order valence-corrected chi connectivity index (χ3v) is 7.97. The largest absolute Gasteiger partial charge is 0.507 e. The highest BCUT2D eigenvalue weighted by Gasteiger charge is 2.28. The van der Waals surface area contributed by atoms with Gasteiger partial charge in [0.25, 0.3) is 5.91 Å². The number of fused-ring (bicyclic) bond motifs is 1. The Hall–Kier alpha value is -5.87. The van der Waals surface area contributed by atoms with Gasteiger partial charge in [-0.05, 0) is 60.2 Å². The molecule has 0 bridgehead atoms. The minimum Gasteiger partial charge on any atom is -0.507 e. The number of aldehydes is 1. The van der Waals surface area contributed by atoms with Crippen LogP contribution < -0.4 is 11.1 Å². The number of likely N-dealkylation sites (tertiary alicyclic amines) is 1. The number of hydrogen-bond acceptors (Lipinski definition) is 8. The summed E-state index contributed by atoms with van der Waals surface area (Å²) in [5, 5.41) is 12.9. The molecule has 0 unspecified atom stereocenters. The number of carbonyl (C=O) groups is 2. The molecule has 1 saturated heterocycles. The predicted octanol–water partition coefficient (Wildman–Crippen LogP) is 4.86. The molecule has 0 spiro atoms. The van der Waals surface area contributed by atoms with Crippen molar-refractivity contribution in [3.63, 3.8) is 0 Å². The number of phenolic OH excluding ortho intramolecular Hbond substituents is 1. The molecule has 10 heteroatoms. The number of nitrogens with two attached hydrogens (primary N) is 1. The number of rotatable bonds is 8. The number of aromatic hydroxyl groups is 1. The van der Waals surface area contributed by atoms with Gasteiger partial charge in [-0.15, -0.1) is 0 Å². The summed E-state index contributed by atoms with van der Waals surface area (Å²) in [4.78, 5) is 40.0. The minimum absolute atomic E-state index is 0.000592. The van der Waals surface area contributed by atoms with Crippen LogP contribution in [0.3, 0.4) is 0 Å². The summed E-state index contributed by atoms with van der Waals surface area (Å²) in [5.74, 6) is 0.571. The van der Waals surface area contributed by atoms with E-state index in [4.69, 9.17) is 15.7 Å². The van der Waals surface area contributed by atoms with Crippen LogP contribution in [0.2, 0.25) is 0 Å². The Morgan fingerprint density at radius 3 is 2.49 bits per heavy atom. The van der Waals surface area contributed by atoms with Gasteiger partial charge in [0, 0.05) is 42.6 Å². The van der Waals surface area contributed by atoms with Gasteiger partial charge in [0.2, 0.25) is 0 Å². The Labute approximate surface area is 258 Å². The molecule has 1 amide bonds. The van der Waals surface area contributed by atoms with E-state index in [1.165, 1.54) is 18.2 Å². The summed E-state index contributed by atoms with van der Waals surface area (Å²) in [6.45, 7) is 2.13. The summed E-state index contributed by atoms with van der Waals surface area (Å²) in [7, 11) is 0. The van der Waals surface area contributed by atoms with Crippen molar-refractivity contribution >= 4 is 29.2 Å². The fourth-order valence-corrected chi connectivity index (χ4v) is 5.61. The van der Waals surface area contributed by atoms with E-state index in [2.05, 4.69) is 39.5 Å². The first-order valence-corrected chi connectivity index (χ1v) is 14.5. The number of aromatic nitrogens is 4. The number of phenols is 1. The molecule has 1 aliphatic rings. The molecule has 7 rings (SSSR count). The Kier molecular flexibility index (Phi) is 7.24. The maximum atomic E-state index is 12.6. The van der Waals surface area contributed by atoms with Crippen LogP contribution in [0.25, 0.3) is 39.5 Å². The lowest BCUT2D eigenvalue weighted by Crippen LogP contribution is -2.58. The van der Waals surface area contributed by atoms with Gasteiger partial charge in [-0.2, -0.15) is 0 Å². The smallest absolute Gasteiger partial charge is 0.251 e. The first kappa shape index (κ1) is 27.9. The number of nitrogens with zero attached hydrogens (tertiary/aromatic N) is 5. The number of benzene rings is 3. The van der Waals surface area contributed by atoms with Gasteiger partial charge in [-0.3, -0.25) is 19.1 Å². The van der Waals surface area contributed by atoms with Crippen LogP contribution in [0.15, 0.2) is 103 Å². The number of nitrogens with one attached hydrogen (secondary N) is 1. The van der Waals surface area contributed by atoms with Crippen LogP contribution in [-0.4, -0.2) is 60.9 Å². The molecule has 3 aromatic heterocycles. The van der Waals surface area contributed by atoms with Crippen molar-refractivity contribution in [2.75, 3.05) is 18.8 Å². The number of imidazole rings is 1. The second-order valence-corrected chi connectivity index (χ2v) is 11.0. The van der Waals surface area contributed by atoms with E-state index in [0.29, 0.717) is 36.6 Å². The number of pyridine rings is 2. The van der Waals surface area contributed by atoms with Gasteiger partial charge >= 0.3 is 0 Å². The molecule has 45 heavy (non-hydrogen) atoms. The Morgan fingerprint density at radius 1 is 0.956 bits per heavy atom. The molecule has 1 aliphatic heterocycles. The molecule has 222 valence electrons. The number of carbonyl (C=O) groups excluding carboxylic acids is 2. The molecule has 6 aromatic rings. The molecule has 10 nitrogen and oxygen atoms in total. The first-order chi connectivity index (χ1) is 22.0. The van der Waals surface area contributed by atoms with Gasteiger partial charge in [0.15, 0.2) is 17.8 Å². The van der Waals surface area contributed by atoms with E-state index in [1.807, 2.05) is 59.2 Å². The lowest BCUT2D eigenvalue weighted by Gasteiger charge is -2.39. The standard InChI is InChI=1S/C35H29N7O3/c36-32-28(7-4-16-37-32)33-40-30-15-14-29(23-5-2-1-3-6-23)39-34(30)42(33)27-12-8-22(9-13-27)18-41-19-26(20-41)38-35(45)24-10-11-25(21-43)31(44)17-24/h1-17,21,26,44H,18-20H2,(H2,36,37)(H,38,45). The third-order valence-electron chi connectivity index (χ3n) is 7.97. The highest BCUT2D eigenvalue weighted by Crippen LogP contribution is 2.32. The van der Waals surface area contributed by atoms with Gasteiger partial charge < -0.3 is 16.2 Å². The fraction of sp³-hybridized carbons (Fsp3) is 0.114. The molecule has 0 aliphatic carbocycles. The summed E-state index contributed by atoms with van der Waals surface area (Å²) >= 11 is 0. The van der Waals surface area contributed by atoms with Gasteiger partial charge in [-0.1, -0.05) is 42.5 Å². The van der Waals surface area contributed by atoms with Crippen LogP contribution >= 0.6 is 0 Å². The molecule has 1 fully saturated rings. The summed E-state index contributed by atoms with van der Waals surface area (Å²) < 4.78 is 2.02. The highest BCUT2D eigenvalue weighted by atomic mass is 16.3. The molecular formula is C35H29N7O3. The summed E-state index contributed by atoms with van der Waals surface area (Å²) in [5.41, 5.74) is 12.9. The van der Waals surface area contributed by atoms with E-state index in [0.717, 1.165) is 45.8 Å². The molecule has 4 heterocycles. The Morgan fingerprint density at radius 2 is 1.76 bits per heavy atom. The van der Waals surface area contributed by atoms with Crippen molar-refractivity contribution in [2.45, 2.75) is 12.6 Å². The van der Waals surface area contributed by atoms with Gasteiger partial charge in [0.05, 0.1) is 22.9 Å². The van der Waals surface area contributed by atoms with Crippen molar-refractivity contribution in [3.05, 3.63) is 120 Å². The highest BCUT2D eigenvalue weighted by molar-refractivity contribution is 5.96. The van der Waals surface area contributed by atoms with E-state index < -0.39 is 0 Å². The summed E-state index contributed by atoms with van der Waals surface area (Å²) in [6.07, 6.45) is 2.22. The van der Waals surface area contributed by atoms with E-state index >= 15 is 0 Å². The number of amides is 1. The molecule has 0 radical (unpaired) electrons. The zero-order chi connectivity index (χ0) is 30.9. The molecule has 3 aromatic carbocycles. The SMILES string of the molecule is Nc1ncccc1-c1nc2ccc(-c3ccccc3)nc2n1-c1ccc(CN2CC(NC(=O)c3ccc(C=O)c(O)c3)C2)cc1. The number of anilines is 1. The maximum absolute atomic E-state index is 12.6. The number of hydrogen-bond donors (Lipinski definition) is 3. The molecule has 4 N–H and O–H groups in total. The minimum atomic E-state index is -0.279. The van der Waals surface area contributed by atoms with Gasteiger partial charge in [-0.25, -0.2) is 15.0 Å². The quantitative estimate of drug-likeness (QED) is 0.212. The van der Waals surface area contributed by atoms with E-state index in [-0.39, 0.29) is 23.3 Å². The van der Waals surface area contributed by atoms with Crippen molar-refractivity contribution in [2.24, 2.45) is 0 Å². The Balaban J connectivity index is 1.10. The Bertz CT molecular complexity index is 2040. The maximum Gasteiger partial charge on any atom is 0.251 e. The predicted molar refractivity (Wildman–Crippen MR) is 172 cm³/mol. The second-order valence-electron chi connectivity index (χ2n) is 11.0. The van der Waals surface area contributed by atoms with Crippen LogP contribution in [0, 0.1) is 0 Å². The average Bonchev–Trinajstić information content (AvgIpc) is 3.43. The van der Waals surface area contributed by atoms with Crippen molar-refractivity contribution in [3.8, 4) is 34.1 Å². The number of nitrogen functional groups attached to an aromatic ring is 1. The molecular weight excluding hydrogens is 566 g/mol. The van der Waals surface area contributed by atoms with Crippen LogP contribution in [0.1, 0.15) is 26.3 Å². The third kappa shape index (κ3) is 5.50. The lowest BCUT2D eigenvalue weighted by atomic mass is 10.1. The normalized spacial score (nSPS) is 13.4.